The average molecular weight is 380 g/mol. The fourth-order valence-electron chi connectivity index (χ4n) is 2.68. The lowest BCUT2D eigenvalue weighted by Crippen LogP contribution is -2.37. The number of halogens is 1. The van der Waals surface area contributed by atoms with Gasteiger partial charge in [0.15, 0.2) is 6.61 Å². The number of amides is 3. The Morgan fingerprint density at radius 1 is 0.893 bits per heavy atom. The Hall–Kier alpha value is -3.74. The Morgan fingerprint density at radius 2 is 1.61 bits per heavy atom. The smallest absolute Gasteiger partial charge is 0.326 e. The summed E-state index contributed by atoms with van der Waals surface area (Å²) in [6.07, 6.45) is -0.00391. The van der Waals surface area contributed by atoms with Crippen molar-refractivity contribution in [3.05, 3.63) is 78.1 Å². The predicted molar refractivity (Wildman–Crippen MR) is 102 cm³/mol. The molecule has 0 aliphatic rings. The summed E-state index contributed by atoms with van der Waals surface area (Å²) in [6, 6.07) is 17.8. The van der Waals surface area contributed by atoms with Gasteiger partial charge in [-0.3, -0.25) is 14.9 Å². The first-order valence-electron chi connectivity index (χ1n) is 8.50. The average Bonchev–Trinajstić information content (AvgIpc) is 2.68. The lowest BCUT2D eigenvalue weighted by atomic mass is 10.0. The Bertz CT molecular complexity index is 1030. The van der Waals surface area contributed by atoms with Gasteiger partial charge in [-0.05, 0) is 28.5 Å². The molecule has 28 heavy (non-hydrogen) atoms. The lowest BCUT2D eigenvalue weighted by molar-refractivity contribution is -0.147. The van der Waals surface area contributed by atoms with Crippen molar-refractivity contribution in [1.29, 1.82) is 0 Å². The number of urea groups is 1. The van der Waals surface area contributed by atoms with E-state index in [1.807, 2.05) is 47.8 Å². The van der Waals surface area contributed by atoms with Crippen molar-refractivity contribution in [2.24, 2.45) is 0 Å². The largest absolute Gasteiger partial charge is 0.455 e. The van der Waals surface area contributed by atoms with Gasteiger partial charge in [-0.15, -0.1) is 0 Å². The first-order valence-corrected chi connectivity index (χ1v) is 8.50. The van der Waals surface area contributed by atoms with Crippen LogP contribution in [0.25, 0.3) is 10.8 Å². The first kappa shape index (κ1) is 19.0. The number of fused-ring (bicyclic) bond motifs is 1. The zero-order valence-electron chi connectivity index (χ0n) is 14.8. The van der Waals surface area contributed by atoms with Crippen molar-refractivity contribution in [2.75, 3.05) is 11.9 Å². The number of nitrogens with one attached hydrogen (secondary N) is 2. The molecule has 2 N–H and O–H groups in total. The Labute approximate surface area is 160 Å². The minimum Gasteiger partial charge on any atom is -0.455 e. The summed E-state index contributed by atoms with van der Waals surface area (Å²) in [5, 5.41) is 6.10. The van der Waals surface area contributed by atoms with Crippen molar-refractivity contribution in [3.63, 3.8) is 0 Å². The molecule has 0 heterocycles. The quantitative estimate of drug-likeness (QED) is 0.665. The van der Waals surface area contributed by atoms with Crippen molar-refractivity contribution in [1.82, 2.24) is 5.32 Å². The topological polar surface area (TPSA) is 84.5 Å². The molecule has 0 radical (unpaired) electrons. The second kappa shape index (κ2) is 8.77. The summed E-state index contributed by atoms with van der Waals surface area (Å²) >= 11 is 0. The maximum atomic E-state index is 13.5. The molecule has 0 saturated carbocycles. The van der Waals surface area contributed by atoms with E-state index < -0.39 is 30.3 Å². The number of carbonyl (C=O) groups excluding carboxylic acids is 3. The van der Waals surface area contributed by atoms with Gasteiger partial charge in [0, 0.05) is 0 Å². The number of esters is 1. The molecule has 0 saturated heterocycles. The summed E-state index contributed by atoms with van der Waals surface area (Å²) < 4.78 is 18.4. The maximum absolute atomic E-state index is 13.5. The Balaban J connectivity index is 1.49. The third-order valence-electron chi connectivity index (χ3n) is 3.95. The van der Waals surface area contributed by atoms with Crippen molar-refractivity contribution >= 4 is 34.4 Å². The second-order valence-electron chi connectivity index (χ2n) is 5.96. The Morgan fingerprint density at radius 3 is 2.43 bits per heavy atom. The van der Waals surface area contributed by atoms with Gasteiger partial charge in [0.1, 0.15) is 5.82 Å². The second-order valence-corrected chi connectivity index (χ2v) is 5.96. The van der Waals surface area contributed by atoms with Gasteiger partial charge < -0.3 is 10.1 Å². The summed E-state index contributed by atoms with van der Waals surface area (Å²) in [7, 11) is 0. The molecule has 0 aliphatic carbocycles. The monoisotopic (exact) mass is 380 g/mol. The van der Waals surface area contributed by atoms with Crippen molar-refractivity contribution in [2.45, 2.75) is 6.42 Å². The van der Waals surface area contributed by atoms with E-state index in [0.717, 1.165) is 16.3 Å². The van der Waals surface area contributed by atoms with Gasteiger partial charge in [0.25, 0.3) is 5.91 Å². The lowest BCUT2D eigenvalue weighted by Gasteiger charge is -2.09. The van der Waals surface area contributed by atoms with Gasteiger partial charge in [0.2, 0.25) is 0 Å². The van der Waals surface area contributed by atoms with Crippen LogP contribution in [-0.2, 0) is 20.7 Å². The number of imide groups is 1. The van der Waals surface area contributed by atoms with E-state index in [0.29, 0.717) is 0 Å². The molecule has 0 fully saturated rings. The number of para-hydroxylation sites is 1. The van der Waals surface area contributed by atoms with Gasteiger partial charge in [-0.2, -0.15) is 0 Å². The van der Waals surface area contributed by atoms with Crippen LogP contribution in [-0.4, -0.2) is 24.5 Å². The van der Waals surface area contributed by atoms with Crippen LogP contribution in [0.15, 0.2) is 66.7 Å². The molecule has 0 aromatic heterocycles. The third kappa shape index (κ3) is 4.91. The molecule has 0 spiro atoms. The van der Waals surface area contributed by atoms with Crippen LogP contribution in [0.2, 0.25) is 0 Å². The summed E-state index contributed by atoms with van der Waals surface area (Å²) in [6.45, 7) is -0.617. The van der Waals surface area contributed by atoms with E-state index in [1.54, 1.807) is 0 Å². The molecular weight excluding hydrogens is 363 g/mol. The van der Waals surface area contributed by atoms with Crippen molar-refractivity contribution < 1.29 is 23.5 Å². The first-order chi connectivity index (χ1) is 13.5. The molecular formula is C21H17FN2O4. The van der Waals surface area contributed by atoms with Crippen LogP contribution in [0.5, 0.6) is 0 Å². The zero-order chi connectivity index (χ0) is 19.9. The standard InChI is InChI=1S/C21H17FN2O4/c22-17-10-3-4-11-18(17)23-21(27)24-19(25)13-28-20(26)12-15-8-5-7-14-6-1-2-9-16(14)15/h1-11H,12-13H2,(H2,23,24,25,27). The fraction of sp³-hybridized carbons (Fsp3) is 0.0952. The highest BCUT2D eigenvalue weighted by Gasteiger charge is 2.13. The van der Waals surface area contributed by atoms with Gasteiger partial charge in [0.05, 0.1) is 12.1 Å². The fourth-order valence-corrected chi connectivity index (χ4v) is 2.68. The molecule has 3 aromatic rings. The predicted octanol–water partition coefficient (Wildman–Crippen LogP) is 3.41. The zero-order valence-corrected chi connectivity index (χ0v) is 14.8. The number of benzene rings is 3. The van der Waals surface area contributed by atoms with Crippen LogP contribution in [0.4, 0.5) is 14.9 Å². The van der Waals surface area contributed by atoms with Crippen molar-refractivity contribution in [3.8, 4) is 0 Å². The van der Waals surface area contributed by atoms with Crippen LogP contribution in [0, 0.1) is 5.82 Å². The minimum atomic E-state index is -0.916. The van der Waals surface area contributed by atoms with Crippen LogP contribution in [0.1, 0.15) is 5.56 Å². The minimum absolute atomic E-state index is 0.00391. The van der Waals surface area contributed by atoms with E-state index in [1.165, 1.54) is 24.3 Å². The van der Waals surface area contributed by atoms with Crippen LogP contribution >= 0.6 is 0 Å². The highest BCUT2D eigenvalue weighted by molar-refractivity contribution is 6.02. The van der Waals surface area contributed by atoms with E-state index in [2.05, 4.69) is 5.32 Å². The summed E-state index contributed by atoms with van der Waals surface area (Å²) in [4.78, 5) is 35.5. The number of hydrogen-bond donors (Lipinski definition) is 2. The maximum Gasteiger partial charge on any atom is 0.326 e. The molecule has 0 aliphatic heterocycles. The number of ether oxygens (including phenoxy) is 1. The molecule has 3 rings (SSSR count). The number of hydrogen-bond acceptors (Lipinski definition) is 4. The van der Waals surface area contributed by atoms with Gasteiger partial charge in [-0.1, -0.05) is 54.6 Å². The number of carbonyl (C=O) groups is 3. The van der Waals surface area contributed by atoms with E-state index in [-0.39, 0.29) is 12.1 Å². The number of anilines is 1. The third-order valence-corrected chi connectivity index (χ3v) is 3.95. The highest BCUT2D eigenvalue weighted by Crippen LogP contribution is 2.19. The van der Waals surface area contributed by atoms with Crippen LogP contribution < -0.4 is 10.6 Å². The normalized spacial score (nSPS) is 10.3. The van der Waals surface area contributed by atoms with Crippen LogP contribution in [0.3, 0.4) is 0 Å². The number of rotatable bonds is 5. The summed E-state index contributed by atoms with van der Waals surface area (Å²) in [5.41, 5.74) is 0.710. The van der Waals surface area contributed by atoms with E-state index >= 15 is 0 Å². The van der Waals surface area contributed by atoms with Gasteiger partial charge >= 0.3 is 12.0 Å². The Kier molecular flexibility index (Phi) is 5.96. The molecule has 0 bridgehead atoms. The molecule has 6 nitrogen and oxygen atoms in total. The highest BCUT2D eigenvalue weighted by atomic mass is 19.1. The summed E-state index contributed by atoms with van der Waals surface area (Å²) in [5.74, 6) is -2.05. The molecule has 3 amide bonds. The molecule has 0 unspecified atom stereocenters. The molecule has 7 heteroatoms. The molecule has 142 valence electrons. The molecule has 3 aromatic carbocycles. The van der Waals surface area contributed by atoms with E-state index in [4.69, 9.17) is 4.74 Å². The molecule has 0 atom stereocenters. The van der Waals surface area contributed by atoms with E-state index in [9.17, 15) is 18.8 Å². The SMILES string of the molecule is O=C(COC(=O)Cc1cccc2ccccc12)NC(=O)Nc1ccccc1F. The van der Waals surface area contributed by atoms with Gasteiger partial charge in [-0.25, -0.2) is 9.18 Å².